The number of hydrogen-bond donors (Lipinski definition) is 1. The van der Waals surface area contributed by atoms with E-state index in [1.54, 1.807) is 6.20 Å². The summed E-state index contributed by atoms with van der Waals surface area (Å²) in [5.74, 6) is 0.606. The van der Waals surface area contributed by atoms with Crippen LogP contribution in [0, 0.1) is 0 Å². The second kappa shape index (κ2) is 11.0. The Morgan fingerprint density at radius 1 is 1.23 bits per heavy atom. The normalized spacial score (nSPS) is 7.46. The molecule has 2 nitrogen and oxygen atoms in total. The summed E-state index contributed by atoms with van der Waals surface area (Å²) in [7, 11) is 0. The summed E-state index contributed by atoms with van der Waals surface area (Å²) in [5.41, 5.74) is 6.66. The first kappa shape index (κ1) is 14.5. The Morgan fingerprint density at radius 3 is 2.08 bits per heavy atom. The summed E-state index contributed by atoms with van der Waals surface area (Å²) >= 11 is 0. The van der Waals surface area contributed by atoms with E-state index in [-0.39, 0.29) is 0 Å². The molecule has 1 aromatic heterocycles. The molecule has 0 saturated heterocycles. The van der Waals surface area contributed by atoms with E-state index in [1.807, 2.05) is 39.8 Å². The van der Waals surface area contributed by atoms with Gasteiger partial charge >= 0.3 is 0 Å². The largest absolute Gasteiger partial charge is 0.384 e. The Balaban J connectivity index is 0. The van der Waals surface area contributed by atoms with Gasteiger partial charge in [-0.15, -0.1) is 0 Å². The Kier molecular flexibility index (Phi) is 12.2. The van der Waals surface area contributed by atoms with E-state index in [1.165, 1.54) is 5.56 Å². The standard InChI is InChI=1S/C7H10N2.2C2H6/c1-2-6-3-4-9-7(8)5-6;2*1-2/h3-5H,2H2,1H3,(H2,8,9);2*1-2H3. The highest BCUT2D eigenvalue weighted by molar-refractivity contribution is 5.31. The van der Waals surface area contributed by atoms with Crippen LogP contribution >= 0.6 is 0 Å². The predicted octanol–water partition coefficient (Wildman–Crippen LogP) is 3.28. The zero-order chi connectivity index (χ0) is 10.7. The highest BCUT2D eigenvalue weighted by Gasteiger charge is 1.87. The van der Waals surface area contributed by atoms with Crippen LogP contribution in [0.1, 0.15) is 40.2 Å². The summed E-state index contributed by atoms with van der Waals surface area (Å²) < 4.78 is 0. The zero-order valence-corrected chi connectivity index (χ0v) is 9.46. The Labute approximate surface area is 82.2 Å². The summed E-state index contributed by atoms with van der Waals surface area (Å²) in [5, 5.41) is 0. The van der Waals surface area contributed by atoms with Crippen molar-refractivity contribution in [3.05, 3.63) is 23.9 Å². The second-order valence-corrected chi connectivity index (χ2v) is 1.94. The minimum absolute atomic E-state index is 0.606. The van der Waals surface area contributed by atoms with E-state index < -0.39 is 0 Å². The third-order valence-electron chi connectivity index (χ3n) is 1.25. The van der Waals surface area contributed by atoms with Crippen LogP contribution in [0.25, 0.3) is 0 Å². The molecule has 1 aromatic rings. The van der Waals surface area contributed by atoms with E-state index in [4.69, 9.17) is 5.73 Å². The van der Waals surface area contributed by atoms with Gasteiger partial charge in [-0.2, -0.15) is 0 Å². The molecule has 2 heteroatoms. The van der Waals surface area contributed by atoms with Crippen LogP contribution in [0.2, 0.25) is 0 Å². The second-order valence-electron chi connectivity index (χ2n) is 1.94. The quantitative estimate of drug-likeness (QED) is 0.724. The van der Waals surface area contributed by atoms with E-state index >= 15 is 0 Å². The van der Waals surface area contributed by atoms with Crippen LogP contribution in [0.5, 0.6) is 0 Å². The third-order valence-corrected chi connectivity index (χ3v) is 1.25. The van der Waals surface area contributed by atoms with Gasteiger partial charge in [0.15, 0.2) is 0 Å². The smallest absolute Gasteiger partial charge is 0.123 e. The maximum absolute atomic E-state index is 5.42. The van der Waals surface area contributed by atoms with Crippen molar-refractivity contribution in [3.8, 4) is 0 Å². The molecule has 0 saturated carbocycles. The van der Waals surface area contributed by atoms with Gasteiger partial charge in [-0.3, -0.25) is 0 Å². The minimum Gasteiger partial charge on any atom is -0.384 e. The van der Waals surface area contributed by atoms with Crippen molar-refractivity contribution in [2.75, 3.05) is 5.73 Å². The summed E-state index contributed by atoms with van der Waals surface area (Å²) in [4.78, 5) is 3.87. The van der Waals surface area contributed by atoms with Gasteiger partial charge in [0.25, 0.3) is 0 Å². The monoisotopic (exact) mass is 182 g/mol. The lowest BCUT2D eigenvalue weighted by Crippen LogP contribution is -1.90. The lowest BCUT2D eigenvalue weighted by Gasteiger charge is -1.94. The van der Waals surface area contributed by atoms with E-state index in [0.29, 0.717) is 5.82 Å². The molecule has 13 heavy (non-hydrogen) atoms. The van der Waals surface area contributed by atoms with Crippen molar-refractivity contribution in [3.63, 3.8) is 0 Å². The van der Waals surface area contributed by atoms with Gasteiger partial charge in [0, 0.05) is 6.20 Å². The molecule has 0 aliphatic heterocycles. The zero-order valence-electron chi connectivity index (χ0n) is 9.46. The maximum atomic E-state index is 5.42. The van der Waals surface area contributed by atoms with Gasteiger partial charge < -0.3 is 5.73 Å². The molecule has 0 spiro atoms. The number of aryl methyl sites for hydroxylation is 1. The molecule has 0 aliphatic carbocycles. The molecule has 2 N–H and O–H groups in total. The summed E-state index contributed by atoms with van der Waals surface area (Å²) in [6, 6.07) is 3.86. The molecular formula is C11H22N2. The van der Waals surface area contributed by atoms with Crippen LogP contribution in [-0.4, -0.2) is 4.98 Å². The highest BCUT2D eigenvalue weighted by atomic mass is 14.8. The molecule has 1 heterocycles. The number of pyridine rings is 1. The van der Waals surface area contributed by atoms with Gasteiger partial charge in [0.05, 0.1) is 0 Å². The third kappa shape index (κ3) is 7.32. The topological polar surface area (TPSA) is 38.9 Å². The number of nitrogens with two attached hydrogens (primary N) is 1. The van der Waals surface area contributed by atoms with E-state index in [9.17, 15) is 0 Å². The molecule has 1 rings (SSSR count). The SMILES string of the molecule is CC.CC.CCc1ccnc(N)c1. The van der Waals surface area contributed by atoms with Crippen molar-refractivity contribution < 1.29 is 0 Å². The Hall–Kier alpha value is -1.05. The van der Waals surface area contributed by atoms with Gasteiger partial charge in [-0.25, -0.2) is 4.98 Å². The molecule has 0 unspecified atom stereocenters. The van der Waals surface area contributed by atoms with Crippen molar-refractivity contribution in [2.45, 2.75) is 41.0 Å². The number of nitrogens with zero attached hydrogens (tertiary/aromatic N) is 1. The van der Waals surface area contributed by atoms with Crippen LogP contribution < -0.4 is 5.73 Å². The van der Waals surface area contributed by atoms with Crippen LogP contribution in [0.3, 0.4) is 0 Å². The first-order valence-electron chi connectivity index (χ1n) is 5.03. The fourth-order valence-corrected chi connectivity index (χ4v) is 0.714. The fraction of sp³-hybridized carbons (Fsp3) is 0.545. The molecule has 0 aliphatic rings. The van der Waals surface area contributed by atoms with Gasteiger partial charge in [-0.1, -0.05) is 34.6 Å². The van der Waals surface area contributed by atoms with Crippen molar-refractivity contribution in [2.24, 2.45) is 0 Å². The average molecular weight is 182 g/mol. The van der Waals surface area contributed by atoms with Crippen LogP contribution in [0.15, 0.2) is 18.3 Å². The molecular weight excluding hydrogens is 160 g/mol. The maximum Gasteiger partial charge on any atom is 0.123 e. The molecule has 0 aromatic carbocycles. The number of aromatic nitrogens is 1. The van der Waals surface area contributed by atoms with Crippen molar-refractivity contribution in [1.29, 1.82) is 0 Å². The molecule has 0 radical (unpaired) electrons. The molecule has 0 fully saturated rings. The number of hydrogen-bond acceptors (Lipinski definition) is 2. The van der Waals surface area contributed by atoms with Crippen molar-refractivity contribution in [1.82, 2.24) is 4.98 Å². The lowest BCUT2D eigenvalue weighted by molar-refractivity contribution is 1.12. The number of nitrogen functional groups attached to an aromatic ring is 1. The summed E-state index contributed by atoms with van der Waals surface area (Å²) in [6.07, 6.45) is 2.75. The Bertz CT molecular complexity index is 197. The molecule has 0 bridgehead atoms. The van der Waals surface area contributed by atoms with Crippen molar-refractivity contribution >= 4 is 5.82 Å². The molecule has 0 amide bonds. The summed E-state index contributed by atoms with van der Waals surface area (Å²) in [6.45, 7) is 10.1. The lowest BCUT2D eigenvalue weighted by atomic mass is 10.2. The van der Waals surface area contributed by atoms with Gasteiger partial charge in [-0.05, 0) is 24.1 Å². The highest BCUT2D eigenvalue weighted by Crippen LogP contribution is 2.02. The first-order chi connectivity index (χ1) is 6.33. The first-order valence-corrected chi connectivity index (χ1v) is 5.03. The van der Waals surface area contributed by atoms with Crippen LogP contribution in [0.4, 0.5) is 5.82 Å². The minimum atomic E-state index is 0.606. The molecule has 0 atom stereocenters. The average Bonchev–Trinajstić information content (AvgIpc) is 2.24. The van der Waals surface area contributed by atoms with E-state index in [0.717, 1.165) is 6.42 Å². The van der Waals surface area contributed by atoms with Crippen LogP contribution in [-0.2, 0) is 6.42 Å². The van der Waals surface area contributed by atoms with E-state index in [2.05, 4.69) is 11.9 Å². The fourth-order valence-electron chi connectivity index (χ4n) is 0.714. The van der Waals surface area contributed by atoms with Gasteiger partial charge in [0.2, 0.25) is 0 Å². The Morgan fingerprint density at radius 2 is 1.77 bits per heavy atom. The molecule has 76 valence electrons. The predicted molar refractivity (Wildman–Crippen MR) is 60.7 cm³/mol. The number of anilines is 1. The van der Waals surface area contributed by atoms with Gasteiger partial charge in [0.1, 0.15) is 5.82 Å². The number of rotatable bonds is 1.